The van der Waals surface area contributed by atoms with Gasteiger partial charge in [0, 0.05) is 4.92 Å². The molecule has 0 aliphatic rings. The molecule has 14 heavy (non-hydrogen) atoms. The Labute approximate surface area is 79.2 Å². The number of nitro groups is 1. The van der Waals surface area contributed by atoms with Crippen molar-refractivity contribution in [2.24, 2.45) is 0 Å². The van der Waals surface area contributed by atoms with Crippen LogP contribution in [0.15, 0.2) is 0 Å². The van der Waals surface area contributed by atoms with E-state index in [1.165, 1.54) is 0 Å². The number of nitrogens with zero attached hydrogens (tertiary/aromatic N) is 1. The molecular weight excluding hydrogens is 198 g/mol. The lowest BCUT2D eigenvalue weighted by atomic mass is 10.0. The molecule has 5 N–H and O–H groups in total. The molecule has 0 amide bonds. The van der Waals surface area contributed by atoms with E-state index in [-0.39, 0.29) is 0 Å². The van der Waals surface area contributed by atoms with Crippen LogP contribution in [-0.4, -0.2) is 68.0 Å². The van der Waals surface area contributed by atoms with E-state index in [4.69, 9.17) is 25.5 Å². The Kier molecular flexibility index (Phi) is 5.50. The second kappa shape index (κ2) is 5.83. The van der Waals surface area contributed by atoms with Crippen molar-refractivity contribution < 1.29 is 30.5 Å². The first kappa shape index (κ1) is 13.2. The fraction of sp³-hybridized carbons (Fsp3) is 1.00. The van der Waals surface area contributed by atoms with Gasteiger partial charge in [0.1, 0.15) is 24.4 Å². The van der Waals surface area contributed by atoms with Crippen molar-refractivity contribution in [3.63, 3.8) is 0 Å². The molecule has 0 aliphatic heterocycles. The lowest BCUT2D eigenvalue weighted by Crippen LogP contribution is -2.47. The summed E-state index contributed by atoms with van der Waals surface area (Å²) in [4.78, 5) is 9.05. The van der Waals surface area contributed by atoms with Crippen LogP contribution in [0, 0.1) is 10.1 Å². The molecule has 0 rings (SSSR count). The Bertz CT molecular complexity index is 187. The van der Waals surface area contributed by atoms with Crippen molar-refractivity contribution >= 4 is 0 Å². The van der Waals surface area contributed by atoms with Gasteiger partial charge in [-0.1, -0.05) is 0 Å². The van der Waals surface area contributed by atoms with Crippen molar-refractivity contribution in [2.75, 3.05) is 13.2 Å². The average molecular weight is 211 g/mol. The molecule has 8 heteroatoms. The summed E-state index contributed by atoms with van der Waals surface area (Å²) >= 11 is 0. The van der Waals surface area contributed by atoms with Crippen LogP contribution in [0.1, 0.15) is 0 Å². The maximum atomic E-state index is 9.92. The molecule has 0 aromatic heterocycles. The van der Waals surface area contributed by atoms with E-state index >= 15 is 0 Å². The summed E-state index contributed by atoms with van der Waals surface area (Å²) in [5.74, 6) is 0. The first-order valence-corrected chi connectivity index (χ1v) is 3.85. The molecule has 8 nitrogen and oxygen atoms in total. The minimum atomic E-state index is -1.87. The lowest BCUT2D eigenvalue weighted by Gasteiger charge is -2.23. The number of hydrogen-bond acceptors (Lipinski definition) is 7. The molecule has 0 unspecified atom stereocenters. The third kappa shape index (κ3) is 3.94. The van der Waals surface area contributed by atoms with Crippen LogP contribution in [0.3, 0.4) is 0 Å². The van der Waals surface area contributed by atoms with Crippen LogP contribution in [0.25, 0.3) is 0 Å². The van der Waals surface area contributed by atoms with Crippen LogP contribution in [0.2, 0.25) is 0 Å². The van der Waals surface area contributed by atoms with E-state index in [9.17, 15) is 10.1 Å². The Morgan fingerprint density at radius 1 is 1.07 bits per heavy atom. The van der Waals surface area contributed by atoms with Gasteiger partial charge in [-0.25, -0.2) is 0 Å². The zero-order valence-electron chi connectivity index (χ0n) is 7.22. The predicted molar refractivity (Wildman–Crippen MR) is 43.0 cm³/mol. The summed E-state index contributed by atoms with van der Waals surface area (Å²) in [6, 6.07) is 0. The van der Waals surface area contributed by atoms with Gasteiger partial charge in [0.15, 0.2) is 0 Å². The number of aliphatic hydroxyl groups is 5. The Morgan fingerprint density at radius 3 is 1.86 bits per heavy atom. The second-order valence-electron chi connectivity index (χ2n) is 2.81. The maximum Gasteiger partial charge on any atom is 0.232 e. The second-order valence-corrected chi connectivity index (χ2v) is 2.81. The fourth-order valence-corrected chi connectivity index (χ4v) is 0.824. The van der Waals surface area contributed by atoms with Gasteiger partial charge in [0.05, 0.1) is 6.61 Å². The topological polar surface area (TPSA) is 144 Å². The monoisotopic (exact) mass is 211 g/mol. The fourth-order valence-electron chi connectivity index (χ4n) is 0.824. The van der Waals surface area contributed by atoms with Gasteiger partial charge in [-0.15, -0.1) is 0 Å². The molecule has 0 aromatic carbocycles. The molecule has 0 aromatic rings. The van der Waals surface area contributed by atoms with Crippen LogP contribution in [0.4, 0.5) is 0 Å². The highest BCUT2D eigenvalue weighted by Gasteiger charge is 2.32. The molecule has 0 heterocycles. The Balaban J connectivity index is 4.15. The molecule has 0 bridgehead atoms. The summed E-state index contributed by atoms with van der Waals surface area (Å²) in [7, 11) is 0. The summed E-state index contributed by atoms with van der Waals surface area (Å²) in [5, 5.41) is 54.2. The number of aliphatic hydroxyl groups excluding tert-OH is 5. The number of rotatable bonds is 6. The SMILES string of the molecule is O=[N+]([O-])C[C@@H](O)[C@H](O)[C@@H](O)[C@H](O)CO. The Morgan fingerprint density at radius 2 is 1.50 bits per heavy atom. The third-order valence-electron chi connectivity index (χ3n) is 1.66. The summed E-state index contributed by atoms with van der Waals surface area (Å²) in [5.41, 5.74) is 0. The predicted octanol–water partition coefficient (Wildman–Crippen LogP) is -3.30. The molecule has 84 valence electrons. The van der Waals surface area contributed by atoms with Crippen LogP contribution >= 0.6 is 0 Å². The normalized spacial score (nSPS) is 19.8. The van der Waals surface area contributed by atoms with Gasteiger partial charge in [-0.2, -0.15) is 0 Å². The first-order valence-electron chi connectivity index (χ1n) is 3.85. The maximum absolute atomic E-state index is 9.92. The minimum absolute atomic E-state index is 0.816. The zero-order chi connectivity index (χ0) is 11.3. The van der Waals surface area contributed by atoms with E-state index in [0.717, 1.165) is 0 Å². The van der Waals surface area contributed by atoms with E-state index < -0.39 is 42.5 Å². The summed E-state index contributed by atoms with van der Waals surface area (Å²) in [6.07, 6.45) is -7.13. The molecule has 4 atom stereocenters. The van der Waals surface area contributed by atoms with Crippen molar-refractivity contribution in [3.8, 4) is 0 Å². The number of hydrogen-bond donors (Lipinski definition) is 5. The molecule has 0 radical (unpaired) electrons. The van der Waals surface area contributed by atoms with Crippen molar-refractivity contribution in [1.82, 2.24) is 0 Å². The highest BCUT2D eigenvalue weighted by atomic mass is 16.6. The van der Waals surface area contributed by atoms with Crippen molar-refractivity contribution in [1.29, 1.82) is 0 Å². The van der Waals surface area contributed by atoms with Gasteiger partial charge in [0.2, 0.25) is 6.54 Å². The first-order chi connectivity index (χ1) is 6.40. The lowest BCUT2D eigenvalue weighted by molar-refractivity contribution is -0.493. The van der Waals surface area contributed by atoms with Gasteiger partial charge in [-0.3, -0.25) is 10.1 Å². The third-order valence-corrected chi connectivity index (χ3v) is 1.66. The molecule has 0 saturated carbocycles. The van der Waals surface area contributed by atoms with Crippen molar-refractivity contribution in [3.05, 3.63) is 10.1 Å². The highest BCUT2D eigenvalue weighted by Crippen LogP contribution is 2.05. The van der Waals surface area contributed by atoms with E-state index in [1.54, 1.807) is 0 Å². The smallest absolute Gasteiger partial charge is 0.232 e. The molecule has 0 aliphatic carbocycles. The van der Waals surface area contributed by atoms with E-state index in [1.807, 2.05) is 0 Å². The van der Waals surface area contributed by atoms with Gasteiger partial charge in [-0.05, 0) is 0 Å². The van der Waals surface area contributed by atoms with E-state index in [0.29, 0.717) is 0 Å². The molecule has 0 fully saturated rings. The van der Waals surface area contributed by atoms with Gasteiger partial charge < -0.3 is 25.5 Å². The van der Waals surface area contributed by atoms with Crippen LogP contribution in [0.5, 0.6) is 0 Å². The van der Waals surface area contributed by atoms with Crippen LogP contribution < -0.4 is 0 Å². The Hall–Kier alpha value is -0.800. The minimum Gasteiger partial charge on any atom is -0.394 e. The zero-order valence-corrected chi connectivity index (χ0v) is 7.22. The quantitative estimate of drug-likeness (QED) is 0.228. The van der Waals surface area contributed by atoms with Crippen LogP contribution in [-0.2, 0) is 0 Å². The standard InChI is InChI=1S/C6H13NO7/c8-2-4(10)6(12)5(11)3(9)1-7(13)14/h3-6,8-12H,1-2H2/t3-,4-,5+,6+/m1/s1. The largest absolute Gasteiger partial charge is 0.394 e. The summed E-state index contributed by atoms with van der Waals surface area (Å²) < 4.78 is 0. The summed E-state index contributed by atoms with van der Waals surface area (Å²) in [6.45, 7) is -1.76. The molecule has 0 saturated heterocycles. The van der Waals surface area contributed by atoms with Gasteiger partial charge >= 0.3 is 0 Å². The van der Waals surface area contributed by atoms with Gasteiger partial charge in [0.25, 0.3) is 0 Å². The molecule has 0 spiro atoms. The highest BCUT2D eigenvalue weighted by molar-refractivity contribution is 4.79. The van der Waals surface area contributed by atoms with Crippen molar-refractivity contribution in [2.45, 2.75) is 24.4 Å². The van der Waals surface area contributed by atoms with E-state index in [2.05, 4.69) is 0 Å². The average Bonchev–Trinajstić information content (AvgIpc) is 2.13. The molecular formula is C6H13NO7.